The van der Waals surface area contributed by atoms with E-state index < -0.39 is 18.0 Å². The summed E-state index contributed by atoms with van der Waals surface area (Å²) in [6.45, 7) is -0.338. The lowest BCUT2D eigenvalue weighted by atomic mass is 10.1. The number of anilines is 1. The predicted octanol–water partition coefficient (Wildman–Crippen LogP) is -0.719. The quantitative estimate of drug-likeness (QED) is 0.632. The Morgan fingerprint density at radius 1 is 1.52 bits per heavy atom. The maximum atomic E-state index is 11.9. The second-order valence-corrected chi connectivity index (χ2v) is 4.30. The van der Waals surface area contributed by atoms with Crippen LogP contribution in [0.2, 0.25) is 0 Å². The van der Waals surface area contributed by atoms with Crippen molar-refractivity contribution in [2.24, 2.45) is 0 Å². The maximum Gasteiger partial charge on any atom is 0.336 e. The number of aliphatic hydroxyl groups excluding tert-OH is 1. The molecule has 8 heteroatoms. The van der Waals surface area contributed by atoms with Gasteiger partial charge in [-0.05, 0) is 18.2 Å². The Hall–Kier alpha value is -2.61. The number of amides is 2. The number of aliphatic hydroxyl groups is 1. The summed E-state index contributed by atoms with van der Waals surface area (Å²) in [6, 6.07) is 4.52. The molecule has 0 saturated carbocycles. The largest absolute Gasteiger partial charge is 0.482 e. The second-order valence-electron chi connectivity index (χ2n) is 4.30. The zero-order valence-electron chi connectivity index (χ0n) is 11.2. The van der Waals surface area contributed by atoms with Gasteiger partial charge in [0.2, 0.25) is 0 Å². The highest BCUT2D eigenvalue weighted by Gasteiger charge is 2.19. The van der Waals surface area contributed by atoms with E-state index in [4.69, 9.17) is 4.74 Å². The van der Waals surface area contributed by atoms with Crippen molar-refractivity contribution in [1.29, 1.82) is 0 Å². The van der Waals surface area contributed by atoms with E-state index in [1.165, 1.54) is 12.1 Å². The average molecular weight is 294 g/mol. The summed E-state index contributed by atoms with van der Waals surface area (Å²) < 4.78 is 9.50. The van der Waals surface area contributed by atoms with Crippen LogP contribution in [0.15, 0.2) is 18.2 Å². The van der Waals surface area contributed by atoms with Gasteiger partial charge in [-0.25, -0.2) is 4.79 Å². The third kappa shape index (κ3) is 3.48. The lowest BCUT2D eigenvalue weighted by Gasteiger charge is -2.18. The van der Waals surface area contributed by atoms with Crippen molar-refractivity contribution in [2.45, 2.75) is 6.10 Å². The highest BCUT2D eigenvalue weighted by atomic mass is 16.5. The van der Waals surface area contributed by atoms with Crippen molar-refractivity contribution in [3.63, 3.8) is 0 Å². The minimum Gasteiger partial charge on any atom is -0.482 e. The molecule has 1 heterocycles. The molecule has 21 heavy (non-hydrogen) atoms. The summed E-state index contributed by atoms with van der Waals surface area (Å²) in [5.41, 5.74) is 0.657. The minimum atomic E-state index is -1.43. The minimum absolute atomic E-state index is 0.0656. The summed E-state index contributed by atoms with van der Waals surface area (Å²) in [5.74, 6) is -1.16. The molecule has 2 rings (SSSR count). The van der Waals surface area contributed by atoms with E-state index in [0.717, 1.165) is 7.11 Å². The first-order valence-electron chi connectivity index (χ1n) is 6.12. The number of nitrogens with one attached hydrogen (secondary N) is 2. The molecule has 0 aliphatic carbocycles. The van der Waals surface area contributed by atoms with Gasteiger partial charge in [0.1, 0.15) is 5.75 Å². The molecule has 1 aliphatic heterocycles. The third-order valence-electron chi connectivity index (χ3n) is 2.80. The van der Waals surface area contributed by atoms with Crippen LogP contribution in [0.3, 0.4) is 0 Å². The van der Waals surface area contributed by atoms with E-state index in [1.54, 1.807) is 6.07 Å². The summed E-state index contributed by atoms with van der Waals surface area (Å²) >= 11 is 0. The van der Waals surface area contributed by atoms with Crippen molar-refractivity contribution >= 4 is 23.5 Å². The number of carbonyl (C=O) groups excluding carboxylic acids is 3. The maximum absolute atomic E-state index is 11.9. The van der Waals surface area contributed by atoms with Crippen LogP contribution in [-0.2, 0) is 14.3 Å². The van der Waals surface area contributed by atoms with E-state index >= 15 is 0 Å². The molecule has 8 nitrogen and oxygen atoms in total. The first-order chi connectivity index (χ1) is 10.0. The number of ether oxygens (including phenoxy) is 2. The molecular formula is C13H14N2O6. The molecule has 1 unspecified atom stereocenters. The highest BCUT2D eigenvalue weighted by molar-refractivity contribution is 6.00. The number of methoxy groups -OCH3 is 1. The number of esters is 1. The molecule has 1 aromatic rings. The SMILES string of the molecule is COC(=O)C(O)CNC(=O)c1ccc2c(c1)NC(=O)CO2. The Labute approximate surface area is 120 Å². The van der Waals surface area contributed by atoms with E-state index in [-0.39, 0.29) is 24.6 Å². The fourth-order valence-corrected chi connectivity index (χ4v) is 1.74. The Kier molecular flexibility index (Phi) is 4.39. The molecule has 2 amide bonds. The molecule has 1 atom stereocenters. The van der Waals surface area contributed by atoms with Crippen molar-refractivity contribution in [1.82, 2.24) is 5.32 Å². The van der Waals surface area contributed by atoms with E-state index in [2.05, 4.69) is 15.4 Å². The second kappa shape index (κ2) is 6.23. The van der Waals surface area contributed by atoms with Crippen LogP contribution < -0.4 is 15.4 Å². The van der Waals surface area contributed by atoms with Gasteiger partial charge >= 0.3 is 5.97 Å². The van der Waals surface area contributed by atoms with Crippen LogP contribution in [0.1, 0.15) is 10.4 Å². The molecule has 1 aliphatic rings. The number of hydrogen-bond donors (Lipinski definition) is 3. The molecule has 0 fully saturated rings. The summed E-state index contributed by atoms with van der Waals surface area (Å²) in [4.78, 5) is 34.1. The third-order valence-corrected chi connectivity index (χ3v) is 2.80. The molecule has 0 bridgehead atoms. The van der Waals surface area contributed by atoms with Crippen LogP contribution >= 0.6 is 0 Å². The predicted molar refractivity (Wildman–Crippen MR) is 70.9 cm³/mol. The molecule has 112 valence electrons. The topological polar surface area (TPSA) is 114 Å². The standard InChI is InChI=1S/C13H14N2O6/c1-20-13(19)9(16)5-14-12(18)7-2-3-10-8(4-7)15-11(17)6-21-10/h2-4,9,16H,5-6H2,1H3,(H,14,18)(H,15,17). The van der Waals surface area contributed by atoms with Crippen LogP contribution in [0, 0.1) is 0 Å². The van der Waals surface area contributed by atoms with Gasteiger partial charge in [0.25, 0.3) is 11.8 Å². The van der Waals surface area contributed by atoms with Gasteiger partial charge in [0.05, 0.1) is 19.3 Å². The number of hydrogen-bond acceptors (Lipinski definition) is 6. The average Bonchev–Trinajstić information content (AvgIpc) is 2.50. The Morgan fingerprint density at radius 3 is 3.00 bits per heavy atom. The fraction of sp³-hybridized carbons (Fsp3) is 0.308. The van der Waals surface area contributed by atoms with Gasteiger partial charge in [-0.2, -0.15) is 0 Å². The molecule has 0 radical (unpaired) electrons. The molecule has 0 saturated heterocycles. The lowest BCUT2D eigenvalue weighted by molar-refractivity contribution is -0.149. The first-order valence-corrected chi connectivity index (χ1v) is 6.12. The molecular weight excluding hydrogens is 280 g/mol. The molecule has 0 spiro atoms. The summed E-state index contributed by atoms with van der Waals surface area (Å²) in [7, 11) is 1.14. The van der Waals surface area contributed by atoms with Crippen molar-refractivity contribution in [3.8, 4) is 5.75 Å². The van der Waals surface area contributed by atoms with Crippen LogP contribution in [0.25, 0.3) is 0 Å². The number of fused-ring (bicyclic) bond motifs is 1. The van der Waals surface area contributed by atoms with Gasteiger partial charge in [-0.3, -0.25) is 9.59 Å². The zero-order chi connectivity index (χ0) is 15.4. The van der Waals surface area contributed by atoms with E-state index in [0.29, 0.717) is 11.4 Å². The van der Waals surface area contributed by atoms with Crippen LogP contribution in [0.5, 0.6) is 5.75 Å². The monoisotopic (exact) mass is 294 g/mol. The van der Waals surface area contributed by atoms with E-state index in [9.17, 15) is 19.5 Å². The number of benzene rings is 1. The molecule has 3 N–H and O–H groups in total. The van der Waals surface area contributed by atoms with Gasteiger partial charge in [0.15, 0.2) is 12.7 Å². The Bertz CT molecular complexity index is 586. The molecule has 1 aromatic carbocycles. The Balaban J connectivity index is 2.01. The number of carbonyl (C=O) groups is 3. The molecule has 0 aromatic heterocycles. The van der Waals surface area contributed by atoms with Crippen molar-refractivity contribution < 1.29 is 29.0 Å². The summed E-state index contributed by atoms with van der Waals surface area (Å²) in [6.07, 6.45) is -1.43. The van der Waals surface area contributed by atoms with Crippen molar-refractivity contribution in [3.05, 3.63) is 23.8 Å². The van der Waals surface area contributed by atoms with Gasteiger partial charge in [-0.1, -0.05) is 0 Å². The van der Waals surface area contributed by atoms with Gasteiger partial charge < -0.3 is 25.2 Å². The normalized spacial score (nSPS) is 14.3. The lowest BCUT2D eigenvalue weighted by Crippen LogP contribution is -2.37. The van der Waals surface area contributed by atoms with Gasteiger partial charge in [0, 0.05) is 5.56 Å². The van der Waals surface area contributed by atoms with E-state index in [1.807, 2.05) is 0 Å². The first kappa shape index (κ1) is 14.8. The highest BCUT2D eigenvalue weighted by Crippen LogP contribution is 2.28. The van der Waals surface area contributed by atoms with Crippen LogP contribution in [0.4, 0.5) is 5.69 Å². The van der Waals surface area contributed by atoms with Crippen LogP contribution in [-0.4, -0.2) is 49.3 Å². The van der Waals surface area contributed by atoms with Crippen molar-refractivity contribution in [2.75, 3.05) is 25.6 Å². The summed E-state index contributed by atoms with van der Waals surface area (Å²) in [5, 5.41) is 14.3. The van der Waals surface area contributed by atoms with Gasteiger partial charge in [-0.15, -0.1) is 0 Å². The Morgan fingerprint density at radius 2 is 2.29 bits per heavy atom. The zero-order valence-corrected chi connectivity index (χ0v) is 11.2. The number of rotatable bonds is 4. The smallest absolute Gasteiger partial charge is 0.336 e. The fourth-order valence-electron chi connectivity index (χ4n) is 1.74.